The molecule has 0 fully saturated rings. The molecule has 8 nitrogen and oxygen atoms in total. The summed E-state index contributed by atoms with van der Waals surface area (Å²) in [6.45, 7) is 0. The van der Waals surface area contributed by atoms with Crippen molar-refractivity contribution in [3.63, 3.8) is 0 Å². The van der Waals surface area contributed by atoms with Gasteiger partial charge in [-0.3, -0.25) is 0 Å². The van der Waals surface area contributed by atoms with Gasteiger partial charge in [-0.25, -0.2) is 39.9 Å². The van der Waals surface area contributed by atoms with Crippen LogP contribution in [0.2, 0.25) is 0 Å². The number of halogens is 4. The number of aromatic nitrogens is 8. The summed E-state index contributed by atoms with van der Waals surface area (Å²) in [4.78, 5) is 36.3. The van der Waals surface area contributed by atoms with Crippen molar-refractivity contribution in [3.8, 4) is 112 Å². The van der Waals surface area contributed by atoms with Crippen LogP contribution in [0.1, 0.15) is 0 Å². The molecule has 0 aliphatic rings. The van der Waals surface area contributed by atoms with Crippen molar-refractivity contribution < 1.29 is 0 Å². The van der Waals surface area contributed by atoms with Crippen LogP contribution >= 0.6 is 63.7 Å². The molecule has 0 spiro atoms. The van der Waals surface area contributed by atoms with Crippen molar-refractivity contribution in [1.29, 1.82) is 0 Å². The number of benzene rings is 12. The summed E-state index contributed by atoms with van der Waals surface area (Å²) in [5.74, 6) is 0. The third-order valence-electron chi connectivity index (χ3n) is 15.7. The van der Waals surface area contributed by atoms with E-state index in [2.05, 4.69) is 334 Å². The van der Waals surface area contributed by atoms with Crippen molar-refractivity contribution in [3.05, 3.63) is 359 Å². The molecular formula is C84H56Br4N8. The van der Waals surface area contributed by atoms with Crippen LogP contribution in [0.4, 0.5) is 0 Å². The van der Waals surface area contributed by atoms with Crippen LogP contribution in [0.15, 0.2) is 359 Å². The van der Waals surface area contributed by atoms with Gasteiger partial charge in [-0.1, -0.05) is 303 Å². The first-order valence-electron chi connectivity index (χ1n) is 30.9. The summed E-state index contributed by atoms with van der Waals surface area (Å²) in [6, 6.07) is 116. The van der Waals surface area contributed by atoms with E-state index in [0.29, 0.717) is 18.9 Å². The zero-order valence-electron chi connectivity index (χ0n) is 51.4. The lowest BCUT2D eigenvalue weighted by Gasteiger charge is -2.09. The summed E-state index contributed by atoms with van der Waals surface area (Å²) in [6.07, 6.45) is 0. The normalized spacial score (nSPS) is 10.7. The van der Waals surface area contributed by atoms with E-state index in [4.69, 9.17) is 0 Å². The minimum atomic E-state index is 0.592. The van der Waals surface area contributed by atoms with Gasteiger partial charge in [-0.05, 0) is 144 Å². The van der Waals surface area contributed by atoms with Gasteiger partial charge in [0, 0.05) is 44.5 Å². The highest BCUT2D eigenvalue weighted by atomic mass is 79.9. The van der Waals surface area contributed by atoms with E-state index in [1.54, 1.807) is 0 Å². The Kier molecular flexibility index (Phi) is 20.8. The Hall–Kier alpha value is -10.6. The standard InChI is InChI=1S/2C22H15BrN2.2C20H13BrN2/c23-22-24-20(17-10-5-2-6-11-17)15-21(25-22)19-13-7-12-18(14-19)16-8-3-1-4-9-16;23-22-24-20(18-9-5-2-6-10-18)15-21(25-22)19-13-11-17(12-14-19)16-7-3-1-4-8-16;21-20-22-18(15-8-2-1-3-9-15)13-19(23-20)17-12-6-10-14-7-4-5-11-16(14)17;21-20-22-18(15-7-2-1-3-8-15)13-19(23-20)17-11-10-14-6-4-5-9-16(14)12-17/h2*1-15H;2*1-13H. The lowest BCUT2D eigenvalue weighted by Crippen LogP contribution is -1.92. The van der Waals surface area contributed by atoms with E-state index in [-0.39, 0.29) is 0 Å². The maximum absolute atomic E-state index is 4.59. The lowest BCUT2D eigenvalue weighted by atomic mass is 10.0. The molecule has 16 aromatic rings. The molecular weight excluding hydrogens is 1440 g/mol. The molecule has 0 radical (unpaired) electrons. The Morgan fingerprint density at radius 1 is 0.156 bits per heavy atom. The van der Waals surface area contributed by atoms with Gasteiger partial charge < -0.3 is 0 Å². The molecule has 12 heteroatoms. The van der Waals surface area contributed by atoms with Gasteiger partial charge in [0.1, 0.15) is 0 Å². The lowest BCUT2D eigenvalue weighted by molar-refractivity contribution is 1.12. The zero-order chi connectivity index (χ0) is 65.4. The van der Waals surface area contributed by atoms with E-state index in [1.807, 2.05) is 109 Å². The maximum Gasteiger partial charge on any atom is 0.197 e. The van der Waals surface area contributed by atoms with Gasteiger partial charge in [0.2, 0.25) is 0 Å². The van der Waals surface area contributed by atoms with E-state index in [1.165, 1.54) is 43.8 Å². The molecule has 12 aromatic carbocycles. The SMILES string of the molecule is Brc1nc(-c2ccccc2)cc(-c2ccc(-c3ccccc3)cc2)n1.Brc1nc(-c2ccccc2)cc(-c2ccc3ccccc3c2)n1.Brc1nc(-c2ccccc2)cc(-c2cccc(-c3ccccc3)c2)n1.Brc1nc(-c2ccccc2)cc(-c2cccc3ccccc23)n1. The van der Waals surface area contributed by atoms with Crippen LogP contribution in [0.5, 0.6) is 0 Å². The zero-order valence-corrected chi connectivity index (χ0v) is 57.8. The van der Waals surface area contributed by atoms with Crippen LogP contribution in [-0.4, -0.2) is 39.9 Å². The molecule has 0 amide bonds. The van der Waals surface area contributed by atoms with E-state index < -0.39 is 0 Å². The third-order valence-corrected chi connectivity index (χ3v) is 17.2. The van der Waals surface area contributed by atoms with Crippen LogP contribution < -0.4 is 0 Å². The minimum absolute atomic E-state index is 0.592. The highest BCUT2D eigenvalue weighted by Gasteiger charge is 2.14. The van der Waals surface area contributed by atoms with E-state index in [0.717, 1.165) is 90.1 Å². The molecule has 0 atom stereocenters. The van der Waals surface area contributed by atoms with Gasteiger partial charge in [-0.15, -0.1) is 0 Å². The van der Waals surface area contributed by atoms with Gasteiger partial charge in [0.05, 0.1) is 45.6 Å². The first-order valence-corrected chi connectivity index (χ1v) is 34.1. The van der Waals surface area contributed by atoms with Gasteiger partial charge >= 0.3 is 0 Å². The topological polar surface area (TPSA) is 103 Å². The Balaban J connectivity index is 0.000000116. The average Bonchev–Trinajstić information content (AvgIpc) is 0.865. The molecule has 0 aliphatic carbocycles. The Morgan fingerprint density at radius 3 is 0.865 bits per heavy atom. The maximum atomic E-state index is 4.59. The summed E-state index contributed by atoms with van der Waals surface area (Å²) >= 11 is 13.8. The first-order chi connectivity index (χ1) is 47.2. The highest BCUT2D eigenvalue weighted by molar-refractivity contribution is 9.11. The van der Waals surface area contributed by atoms with E-state index in [9.17, 15) is 0 Å². The van der Waals surface area contributed by atoms with Crippen molar-refractivity contribution in [2.45, 2.75) is 0 Å². The summed E-state index contributed by atoms with van der Waals surface area (Å²) in [7, 11) is 0. The molecule has 0 bridgehead atoms. The van der Waals surface area contributed by atoms with Gasteiger partial charge in [0.25, 0.3) is 0 Å². The first kappa shape index (κ1) is 64.1. The number of hydrogen-bond donors (Lipinski definition) is 0. The van der Waals surface area contributed by atoms with Gasteiger partial charge in [-0.2, -0.15) is 0 Å². The highest BCUT2D eigenvalue weighted by Crippen LogP contribution is 2.34. The van der Waals surface area contributed by atoms with Crippen molar-refractivity contribution in [2.75, 3.05) is 0 Å². The second-order valence-corrected chi connectivity index (χ2v) is 24.9. The minimum Gasteiger partial charge on any atom is -0.222 e. The number of nitrogens with zero attached hydrogens (tertiary/aromatic N) is 8. The quantitative estimate of drug-likeness (QED) is 0.125. The van der Waals surface area contributed by atoms with Crippen molar-refractivity contribution in [1.82, 2.24) is 39.9 Å². The summed E-state index contributed by atoms with van der Waals surface area (Å²) in [5.41, 5.74) is 20.7. The summed E-state index contributed by atoms with van der Waals surface area (Å²) < 4.78 is 2.38. The second-order valence-electron chi connectivity index (χ2n) is 22.1. The van der Waals surface area contributed by atoms with Gasteiger partial charge in [0.15, 0.2) is 18.9 Å². The second kappa shape index (κ2) is 31.1. The molecule has 0 unspecified atom stereocenters. The molecule has 0 N–H and O–H groups in total. The molecule has 16 rings (SSSR count). The molecule has 4 aromatic heterocycles. The Labute approximate surface area is 591 Å². The van der Waals surface area contributed by atoms with Crippen LogP contribution in [0.3, 0.4) is 0 Å². The molecule has 460 valence electrons. The van der Waals surface area contributed by atoms with Crippen molar-refractivity contribution in [2.24, 2.45) is 0 Å². The fraction of sp³-hybridized carbons (Fsp3) is 0. The molecule has 0 aliphatic heterocycles. The molecule has 4 heterocycles. The summed E-state index contributed by atoms with van der Waals surface area (Å²) in [5, 5.41) is 4.84. The fourth-order valence-corrected chi connectivity index (χ4v) is 12.6. The molecule has 96 heavy (non-hydrogen) atoms. The number of fused-ring (bicyclic) bond motifs is 2. The molecule has 0 saturated carbocycles. The third kappa shape index (κ3) is 16.3. The van der Waals surface area contributed by atoms with Crippen LogP contribution in [-0.2, 0) is 0 Å². The fourth-order valence-electron chi connectivity index (χ4n) is 11.0. The predicted molar refractivity (Wildman–Crippen MR) is 408 cm³/mol. The van der Waals surface area contributed by atoms with Crippen molar-refractivity contribution >= 4 is 85.3 Å². The van der Waals surface area contributed by atoms with Crippen LogP contribution in [0, 0.1) is 0 Å². The predicted octanol–water partition coefficient (Wildman–Crippen LogP) is 23.9. The average molecular weight is 1500 g/mol. The van der Waals surface area contributed by atoms with Crippen LogP contribution in [0.25, 0.3) is 134 Å². The Morgan fingerprint density at radius 2 is 0.417 bits per heavy atom. The van der Waals surface area contributed by atoms with E-state index >= 15 is 0 Å². The Bertz CT molecular complexity index is 5260. The smallest absolute Gasteiger partial charge is 0.197 e. The molecule has 0 saturated heterocycles. The number of hydrogen-bond acceptors (Lipinski definition) is 8. The number of rotatable bonds is 10. The monoisotopic (exact) mass is 1490 g/mol. The largest absolute Gasteiger partial charge is 0.222 e.